The Kier molecular flexibility index (Phi) is 6.24. The van der Waals surface area contributed by atoms with Gasteiger partial charge in [0.05, 0.1) is 26.1 Å². The zero-order chi connectivity index (χ0) is 19.4. The minimum Gasteiger partial charge on any atom is -0.493 e. The number of hydrogen-bond acceptors (Lipinski definition) is 4. The summed E-state index contributed by atoms with van der Waals surface area (Å²) >= 11 is 0. The van der Waals surface area contributed by atoms with E-state index in [9.17, 15) is 9.59 Å². The predicted molar refractivity (Wildman–Crippen MR) is 103 cm³/mol. The molecule has 1 aliphatic heterocycles. The summed E-state index contributed by atoms with van der Waals surface area (Å²) in [4.78, 5) is 26.9. The molecule has 1 aromatic rings. The van der Waals surface area contributed by atoms with Crippen LogP contribution >= 0.6 is 0 Å². The molecule has 27 heavy (non-hydrogen) atoms. The van der Waals surface area contributed by atoms with Gasteiger partial charge in [0, 0.05) is 19.6 Å². The zero-order valence-electron chi connectivity index (χ0n) is 16.5. The van der Waals surface area contributed by atoms with Crippen molar-refractivity contribution in [3.63, 3.8) is 0 Å². The number of hydrogen-bond donors (Lipinski definition) is 1. The second-order valence-electron chi connectivity index (χ2n) is 7.43. The fourth-order valence-corrected chi connectivity index (χ4v) is 3.78. The lowest BCUT2D eigenvalue weighted by atomic mass is 9.98. The number of nitrogens with one attached hydrogen (secondary N) is 1. The Hall–Kier alpha value is -2.24. The van der Waals surface area contributed by atoms with Gasteiger partial charge in [-0.2, -0.15) is 0 Å². The van der Waals surface area contributed by atoms with Crippen LogP contribution in [0.1, 0.15) is 43.7 Å². The number of nitrogens with zero attached hydrogens (tertiary/aromatic N) is 1. The fraction of sp³-hybridized carbons (Fsp3) is 0.619. The van der Waals surface area contributed by atoms with Gasteiger partial charge in [0.25, 0.3) is 0 Å². The molecule has 0 spiro atoms. The number of methoxy groups -OCH3 is 2. The van der Waals surface area contributed by atoms with E-state index in [1.54, 1.807) is 14.2 Å². The van der Waals surface area contributed by atoms with E-state index in [4.69, 9.17) is 9.47 Å². The normalized spacial score (nSPS) is 20.6. The van der Waals surface area contributed by atoms with E-state index in [0.29, 0.717) is 31.8 Å². The van der Waals surface area contributed by atoms with Gasteiger partial charge in [-0.05, 0) is 42.5 Å². The first-order chi connectivity index (χ1) is 13.1. The van der Waals surface area contributed by atoms with Gasteiger partial charge < -0.3 is 19.7 Å². The quantitative estimate of drug-likeness (QED) is 0.710. The van der Waals surface area contributed by atoms with Crippen molar-refractivity contribution in [3.05, 3.63) is 23.3 Å². The molecule has 2 atom stereocenters. The molecule has 1 N–H and O–H groups in total. The number of rotatable bonds is 8. The van der Waals surface area contributed by atoms with Crippen LogP contribution in [0.5, 0.6) is 11.5 Å². The van der Waals surface area contributed by atoms with Gasteiger partial charge >= 0.3 is 0 Å². The highest BCUT2D eigenvalue weighted by Crippen LogP contribution is 2.41. The van der Waals surface area contributed by atoms with Crippen molar-refractivity contribution >= 4 is 11.8 Å². The average molecular weight is 374 g/mol. The van der Waals surface area contributed by atoms with Crippen LogP contribution < -0.4 is 14.8 Å². The van der Waals surface area contributed by atoms with Crippen LogP contribution in [0.2, 0.25) is 0 Å². The van der Waals surface area contributed by atoms with Gasteiger partial charge in [0.1, 0.15) is 0 Å². The first kappa shape index (κ1) is 19.5. The number of ether oxygens (including phenoxy) is 2. The molecular weight excluding hydrogens is 344 g/mol. The molecule has 148 valence electrons. The molecule has 0 aromatic heterocycles. The number of carbonyl (C=O) groups is 2. The molecule has 0 bridgehead atoms. The Morgan fingerprint density at radius 2 is 1.81 bits per heavy atom. The molecule has 1 aliphatic carbocycles. The maximum atomic E-state index is 12.8. The molecule has 1 heterocycles. The van der Waals surface area contributed by atoms with E-state index in [0.717, 1.165) is 37.0 Å². The van der Waals surface area contributed by atoms with Gasteiger partial charge in [-0.25, -0.2) is 0 Å². The maximum absolute atomic E-state index is 12.8. The molecule has 1 fully saturated rings. The van der Waals surface area contributed by atoms with E-state index in [-0.39, 0.29) is 23.7 Å². The van der Waals surface area contributed by atoms with E-state index >= 15 is 0 Å². The average Bonchev–Trinajstić information content (AvgIpc) is 3.50. The van der Waals surface area contributed by atoms with E-state index in [2.05, 4.69) is 12.2 Å². The SMILES string of the molecule is CCCCCNC(=O)C1CC1C(=O)N1CCc2cc(OC)c(OC)cc2C1. The Morgan fingerprint density at radius 1 is 1.11 bits per heavy atom. The summed E-state index contributed by atoms with van der Waals surface area (Å²) in [5, 5.41) is 2.97. The Labute approximate surface area is 161 Å². The number of amides is 2. The van der Waals surface area contributed by atoms with Crippen LogP contribution in [0, 0.1) is 11.8 Å². The molecule has 1 saturated carbocycles. The molecular formula is C21H30N2O4. The van der Waals surface area contributed by atoms with E-state index < -0.39 is 0 Å². The summed E-state index contributed by atoms with van der Waals surface area (Å²) in [7, 11) is 3.24. The van der Waals surface area contributed by atoms with Crippen LogP contribution in [0.4, 0.5) is 0 Å². The largest absolute Gasteiger partial charge is 0.493 e. The summed E-state index contributed by atoms with van der Waals surface area (Å²) in [5.41, 5.74) is 2.28. The van der Waals surface area contributed by atoms with E-state index in [1.807, 2.05) is 17.0 Å². The lowest BCUT2D eigenvalue weighted by molar-refractivity contribution is -0.135. The van der Waals surface area contributed by atoms with Gasteiger partial charge in [-0.3, -0.25) is 9.59 Å². The lowest BCUT2D eigenvalue weighted by Gasteiger charge is -2.30. The molecule has 0 saturated heterocycles. The fourth-order valence-electron chi connectivity index (χ4n) is 3.78. The van der Waals surface area contributed by atoms with Crippen molar-refractivity contribution in [1.82, 2.24) is 10.2 Å². The number of benzene rings is 1. The predicted octanol–water partition coefficient (Wildman–Crippen LogP) is 2.53. The number of unbranched alkanes of at least 4 members (excludes halogenated alkanes) is 2. The van der Waals surface area contributed by atoms with Crippen LogP contribution in [-0.2, 0) is 22.6 Å². The molecule has 6 nitrogen and oxygen atoms in total. The monoisotopic (exact) mass is 374 g/mol. The molecule has 2 unspecified atom stereocenters. The summed E-state index contributed by atoms with van der Waals surface area (Å²) < 4.78 is 10.7. The van der Waals surface area contributed by atoms with Crippen LogP contribution in [-0.4, -0.2) is 44.0 Å². The second-order valence-corrected chi connectivity index (χ2v) is 7.43. The van der Waals surface area contributed by atoms with Crippen LogP contribution in [0.15, 0.2) is 12.1 Å². The minimum absolute atomic E-state index is 0.0354. The highest BCUT2D eigenvalue weighted by Gasteiger charge is 2.49. The van der Waals surface area contributed by atoms with Crippen molar-refractivity contribution in [1.29, 1.82) is 0 Å². The van der Waals surface area contributed by atoms with Crippen molar-refractivity contribution in [2.45, 2.75) is 45.6 Å². The van der Waals surface area contributed by atoms with Gasteiger partial charge in [-0.15, -0.1) is 0 Å². The topological polar surface area (TPSA) is 67.9 Å². The van der Waals surface area contributed by atoms with Gasteiger partial charge in [-0.1, -0.05) is 19.8 Å². The maximum Gasteiger partial charge on any atom is 0.226 e. The lowest BCUT2D eigenvalue weighted by Crippen LogP contribution is -2.38. The highest BCUT2D eigenvalue weighted by atomic mass is 16.5. The van der Waals surface area contributed by atoms with E-state index in [1.165, 1.54) is 5.56 Å². The van der Waals surface area contributed by atoms with Crippen molar-refractivity contribution in [3.8, 4) is 11.5 Å². The molecule has 1 aromatic carbocycles. The molecule has 2 aliphatic rings. The molecule has 6 heteroatoms. The number of carbonyl (C=O) groups excluding carboxylic acids is 2. The van der Waals surface area contributed by atoms with Crippen molar-refractivity contribution in [2.24, 2.45) is 11.8 Å². The Balaban J connectivity index is 1.56. The summed E-state index contributed by atoms with van der Waals surface area (Å²) in [6.07, 6.45) is 4.72. The number of fused-ring (bicyclic) bond motifs is 1. The third-order valence-electron chi connectivity index (χ3n) is 5.55. The highest BCUT2D eigenvalue weighted by molar-refractivity contribution is 5.92. The van der Waals surface area contributed by atoms with Crippen molar-refractivity contribution in [2.75, 3.05) is 27.3 Å². The minimum atomic E-state index is -0.155. The third kappa shape index (κ3) is 4.37. The van der Waals surface area contributed by atoms with Crippen LogP contribution in [0.3, 0.4) is 0 Å². The van der Waals surface area contributed by atoms with Gasteiger partial charge in [0.15, 0.2) is 11.5 Å². The summed E-state index contributed by atoms with van der Waals surface area (Å²) in [6.45, 7) is 4.10. The Morgan fingerprint density at radius 3 is 2.48 bits per heavy atom. The van der Waals surface area contributed by atoms with Gasteiger partial charge in [0.2, 0.25) is 11.8 Å². The first-order valence-electron chi connectivity index (χ1n) is 9.89. The molecule has 2 amide bonds. The summed E-state index contributed by atoms with van der Waals surface area (Å²) in [6, 6.07) is 3.96. The first-order valence-corrected chi connectivity index (χ1v) is 9.89. The molecule has 3 rings (SSSR count). The van der Waals surface area contributed by atoms with Crippen LogP contribution in [0.25, 0.3) is 0 Å². The third-order valence-corrected chi connectivity index (χ3v) is 5.55. The standard InChI is InChI=1S/C21H30N2O4/c1-4-5-6-8-22-20(24)16-12-17(16)21(25)23-9-7-14-10-18(26-2)19(27-3)11-15(14)13-23/h10-11,16-17H,4-9,12-13H2,1-3H3,(H,22,24). The Bertz CT molecular complexity index is 704. The second kappa shape index (κ2) is 8.63. The molecule has 0 radical (unpaired) electrons. The zero-order valence-corrected chi connectivity index (χ0v) is 16.5. The van der Waals surface area contributed by atoms with Crippen molar-refractivity contribution < 1.29 is 19.1 Å². The summed E-state index contributed by atoms with van der Waals surface area (Å²) in [5.74, 6) is 1.24. The smallest absolute Gasteiger partial charge is 0.226 e.